The van der Waals surface area contributed by atoms with Crippen molar-refractivity contribution in [2.45, 2.75) is 44.3 Å². The number of nitrogens with zero attached hydrogens (tertiary/aromatic N) is 2. The Morgan fingerprint density at radius 3 is 2.68 bits per heavy atom. The van der Waals surface area contributed by atoms with Crippen molar-refractivity contribution in [3.05, 3.63) is 52.1 Å². The number of aromatic nitrogens is 1. The maximum absolute atomic E-state index is 12.9. The Bertz CT molecular complexity index is 811. The molecule has 1 heterocycles. The molecule has 130 valence electrons. The Morgan fingerprint density at radius 1 is 1.24 bits per heavy atom. The summed E-state index contributed by atoms with van der Waals surface area (Å²) in [4.78, 5) is 30.9. The summed E-state index contributed by atoms with van der Waals surface area (Å²) in [7, 11) is 0. The van der Waals surface area contributed by atoms with Crippen molar-refractivity contribution < 1.29 is 14.0 Å². The molecule has 2 saturated carbocycles. The standard InChI is InChI=1S/C18H18BrN3O3/c19-14-4-2-1-3-13(14)18(24)22(12-7-8-12)9-16-21-15(10-25-16)17(23)20-11-5-6-11/h1-4,10-12H,5-9H2,(H,20,23). The van der Waals surface area contributed by atoms with Gasteiger partial charge in [-0.1, -0.05) is 12.1 Å². The van der Waals surface area contributed by atoms with Gasteiger partial charge in [-0.05, 0) is 53.7 Å². The van der Waals surface area contributed by atoms with Crippen LogP contribution in [0.3, 0.4) is 0 Å². The highest BCUT2D eigenvalue weighted by molar-refractivity contribution is 9.10. The topological polar surface area (TPSA) is 75.4 Å². The van der Waals surface area contributed by atoms with E-state index in [1.165, 1.54) is 6.26 Å². The minimum Gasteiger partial charge on any atom is -0.446 e. The molecule has 0 saturated heterocycles. The molecule has 1 aromatic heterocycles. The summed E-state index contributed by atoms with van der Waals surface area (Å²) < 4.78 is 6.20. The number of hydrogen-bond donors (Lipinski definition) is 1. The van der Waals surface area contributed by atoms with Gasteiger partial charge in [0.05, 0.1) is 12.1 Å². The van der Waals surface area contributed by atoms with Gasteiger partial charge in [-0.25, -0.2) is 4.98 Å². The van der Waals surface area contributed by atoms with Gasteiger partial charge in [-0.15, -0.1) is 0 Å². The van der Waals surface area contributed by atoms with Crippen LogP contribution < -0.4 is 5.32 Å². The first-order valence-electron chi connectivity index (χ1n) is 8.42. The molecule has 2 aliphatic carbocycles. The monoisotopic (exact) mass is 403 g/mol. The first kappa shape index (κ1) is 16.3. The number of amides is 2. The van der Waals surface area contributed by atoms with E-state index in [4.69, 9.17) is 4.42 Å². The minimum absolute atomic E-state index is 0.0582. The molecule has 25 heavy (non-hydrogen) atoms. The van der Waals surface area contributed by atoms with Crippen LogP contribution in [0.15, 0.2) is 39.4 Å². The second-order valence-corrected chi connectivity index (χ2v) is 7.37. The highest BCUT2D eigenvalue weighted by Crippen LogP contribution is 2.31. The van der Waals surface area contributed by atoms with Crippen LogP contribution in [0.25, 0.3) is 0 Å². The zero-order chi connectivity index (χ0) is 17.4. The molecule has 4 rings (SSSR count). The lowest BCUT2D eigenvalue weighted by Crippen LogP contribution is -2.33. The second-order valence-electron chi connectivity index (χ2n) is 6.52. The zero-order valence-electron chi connectivity index (χ0n) is 13.6. The Morgan fingerprint density at radius 2 is 2.00 bits per heavy atom. The second kappa shape index (κ2) is 6.63. The number of nitrogens with one attached hydrogen (secondary N) is 1. The highest BCUT2D eigenvalue weighted by atomic mass is 79.9. The molecule has 6 nitrogen and oxygen atoms in total. The Labute approximate surface area is 153 Å². The zero-order valence-corrected chi connectivity index (χ0v) is 15.2. The van der Waals surface area contributed by atoms with Gasteiger partial charge in [0.25, 0.3) is 11.8 Å². The first-order chi connectivity index (χ1) is 12.1. The average Bonchev–Trinajstić information content (AvgIpc) is 3.53. The van der Waals surface area contributed by atoms with Crippen LogP contribution in [0, 0.1) is 0 Å². The lowest BCUT2D eigenvalue weighted by Gasteiger charge is -2.21. The van der Waals surface area contributed by atoms with Crippen molar-refractivity contribution in [2.75, 3.05) is 0 Å². The predicted molar refractivity (Wildman–Crippen MR) is 94.0 cm³/mol. The van der Waals surface area contributed by atoms with E-state index >= 15 is 0 Å². The van der Waals surface area contributed by atoms with E-state index in [1.807, 2.05) is 18.2 Å². The van der Waals surface area contributed by atoms with Gasteiger partial charge < -0.3 is 14.6 Å². The van der Waals surface area contributed by atoms with Gasteiger partial charge >= 0.3 is 0 Å². The Kier molecular flexibility index (Phi) is 4.33. The number of benzene rings is 1. The van der Waals surface area contributed by atoms with E-state index in [1.54, 1.807) is 11.0 Å². The van der Waals surface area contributed by atoms with E-state index in [0.717, 1.165) is 30.2 Å². The van der Waals surface area contributed by atoms with Crippen molar-refractivity contribution in [3.8, 4) is 0 Å². The van der Waals surface area contributed by atoms with Crippen molar-refractivity contribution in [2.24, 2.45) is 0 Å². The maximum atomic E-state index is 12.9. The summed E-state index contributed by atoms with van der Waals surface area (Å²) in [5.41, 5.74) is 0.888. The third kappa shape index (κ3) is 3.76. The fourth-order valence-electron chi connectivity index (χ4n) is 2.66. The molecule has 2 amide bonds. The summed E-state index contributed by atoms with van der Waals surface area (Å²) in [6.07, 6.45) is 5.36. The summed E-state index contributed by atoms with van der Waals surface area (Å²) >= 11 is 3.43. The number of halogens is 1. The molecular weight excluding hydrogens is 386 g/mol. The molecule has 1 N–H and O–H groups in total. The summed E-state index contributed by atoms with van der Waals surface area (Å²) in [6, 6.07) is 7.84. The molecular formula is C18H18BrN3O3. The van der Waals surface area contributed by atoms with Gasteiger partial charge in [-0.2, -0.15) is 0 Å². The van der Waals surface area contributed by atoms with Crippen molar-refractivity contribution in [3.63, 3.8) is 0 Å². The van der Waals surface area contributed by atoms with E-state index < -0.39 is 0 Å². The van der Waals surface area contributed by atoms with Crippen molar-refractivity contribution >= 4 is 27.7 Å². The van der Waals surface area contributed by atoms with E-state index in [9.17, 15) is 9.59 Å². The van der Waals surface area contributed by atoms with Crippen LogP contribution in [0.2, 0.25) is 0 Å². The normalized spacial score (nSPS) is 16.5. The molecule has 1 aromatic carbocycles. The first-order valence-corrected chi connectivity index (χ1v) is 9.22. The lowest BCUT2D eigenvalue weighted by molar-refractivity contribution is 0.0713. The number of rotatable bonds is 6. The SMILES string of the molecule is O=C(NC1CC1)c1coc(CN(C(=O)c2ccccc2Br)C2CC2)n1. The van der Waals surface area contributed by atoms with E-state index in [-0.39, 0.29) is 36.1 Å². The fraction of sp³-hybridized carbons (Fsp3) is 0.389. The molecule has 2 fully saturated rings. The van der Waals surface area contributed by atoms with Crippen molar-refractivity contribution in [1.82, 2.24) is 15.2 Å². The van der Waals surface area contributed by atoms with E-state index in [0.29, 0.717) is 11.5 Å². The Hall–Kier alpha value is -2.15. The fourth-order valence-corrected chi connectivity index (χ4v) is 3.12. The van der Waals surface area contributed by atoms with Crippen LogP contribution in [0.4, 0.5) is 0 Å². The van der Waals surface area contributed by atoms with Crippen LogP contribution in [-0.4, -0.2) is 33.8 Å². The number of hydrogen-bond acceptors (Lipinski definition) is 4. The highest BCUT2D eigenvalue weighted by Gasteiger charge is 2.35. The van der Waals surface area contributed by atoms with Crippen LogP contribution in [0.5, 0.6) is 0 Å². The van der Waals surface area contributed by atoms with Gasteiger partial charge in [0.15, 0.2) is 5.69 Å². The van der Waals surface area contributed by atoms with Gasteiger partial charge in [-0.3, -0.25) is 9.59 Å². The summed E-state index contributed by atoms with van der Waals surface area (Å²) in [5, 5.41) is 2.88. The van der Waals surface area contributed by atoms with E-state index in [2.05, 4.69) is 26.2 Å². The largest absolute Gasteiger partial charge is 0.446 e. The molecule has 2 aromatic rings. The van der Waals surface area contributed by atoms with Gasteiger partial charge in [0.2, 0.25) is 5.89 Å². The van der Waals surface area contributed by atoms with Gasteiger partial charge in [0.1, 0.15) is 6.26 Å². The minimum atomic E-state index is -0.215. The molecule has 0 spiro atoms. The van der Waals surface area contributed by atoms with Crippen molar-refractivity contribution in [1.29, 1.82) is 0 Å². The number of oxazole rings is 1. The summed E-state index contributed by atoms with van der Waals surface area (Å²) in [5.74, 6) is 0.109. The summed E-state index contributed by atoms with van der Waals surface area (Å²) in [6.45, 7) is 0.265. The molecule has 7 heteroatoms. The molecule has 0 atom stereocenters. The third-order valence-corrected chi connectivity index (χ3v) is 5.05. The third-order valence-electron chi connectivity index (χ3n) is 4.36. The number of carbonyl (C=O) groups is 2. The quantitative estimate of drug-likeness (QED) is 0.803. The lowest BCUT2D eigenvalue weighted by atomic mass is 10.2. The molecule has 0 radical (unpaired) electrons. The average molecular weight is 404 g/mol. The van der Waals surface area contributed by atoms with Crippen LogP contribution in [-0.2, 0) is 6.54 Å². The smallest absolute Gasteiger partial charge is 0.273 e. The molecule has 0 bridgehead atoms. The Balaban J connectivity index is 1.49. The van der Waals surface area contributed by atoms with Gasteiger partial charge in [0, 0.05) is 16.6 Å². The number of carbonyl (C=O) groups excluding carboxylic acids is 2. The maximum Gasteiger partial charge on any atom is 0.273 e. The molecule has 0 unspecified atom stereocenters. The van der Waals surface area contributed by atoms with Crippen LogP contribution in [0.1, 0.15) is 52.4 Å². The molecule has 0 aliphatic heterocycles. The van der Waals surface area contributed by atoms with Crippen LogP contribution >= 0.6 is 15.9 Å². The molecule has 2 aliphatic rings. The predicted octanol–water partition coefficient (Wildman–Crippen LogP) is 3.13.